The quantitative estimate of drug-likeness (QED) is 0.0261. The molecule has 0 radical (unpaired) electrons. The third-order valence-electron chi connectivity index (χ3n) is 14.1. The minimum Gasteiger partial charge on any atom is -0.462 e. The molecule has 0 heterocycles. The molecular formula is C66H120O6. The summed E-state index contributed by atoms with van der Waals surface area (Å²) >= 11 is 0. The smallest absolute Gasteiger partial charge is 0.306 e. The van der Waals surface area contributed by atoms with Crippen LogP contribution in [0.5, 0.6) is 0 Å². The van der Waals surface area contributed by atoms with Gasteiger partial charge in [-0.2, -0.15) is 0 Å². The van der Waals surface area contributed by atoms with Gasteiger partial charge in [0.25, 0.3) is 0 Å². The van der Waals surface area contributed by atoms with Gasteiger partial charge < -0.3 is 14.2 Å². The number of ether oxygens (including phenoxy) is 3. The Balaban J connectivity index is 4.05. The molecule has 0 aliphatic rings. The minimum absolute atomic E-state index is 0.0747. The second-order valence-electron chi connectivity index (χ2n) is 21.3. The Labute approximate surface area is 448 Å². The Morgan fingerprint density at radius 2 is 0.514 bits per heavy atom. The van der Waals surface area contributed by atoms with Gasteiger partial charge in [0, 0.05) is 19.3 Å². The van der Waals surface area contributed by atoms with E-state index in [0.717, 1.165) is 89.9 Å². The summed E-state index contributed by atoms with van der Waals surface area (Å²) < 4.78 is 16.8. The molecule has 0 rings (SSSR count). The molecule has 0 spiro atoms. The zero-order chi connectivity index (χ0) is 52.2. The Morgan fingerprint density at radius 1 is 0.278 bits per heavy atom. The van der Waals surface area contributed by atoms with E-state index in [1.807, 2.05) is 0 Å². The number of allylic oxidation sites excluding steroid dienone is 8. The van der Waals surface area contributed by atoms with Crippen LogP contribution in [-0.2, 0) is 28.6 Å². The van der Waals surface area contributed by atoms with Crippen LogP contribution in [0.3, 0.4) is 0 Å². The molecular weight excluding hydrogens is 889 g/mol. The van der Waals surface area contributed by atoms with Crippen molar-refractivity contribution in [1.29, 1.82) is 0 Å². The molecule has 0 aromatic heterocycles. The van der Waals surface area contributed by atoms with E-state index in [0.29, 0.717) is 19.3 Å². The lowest BCUT2D eigenvalue weighted by Gasteiger charge is -2.18. The molecule has 0 fully saturated rings. The van der Waals surface area contributed by atoms with Crippen molar-refractivity contribution in [3.8, 4) is 0 Å². The van der Waals surface area contributed by atoms with Crippen molar-refractivity contribution in [2.24, 2.45) is 0 Å². The van der Waals surface area contributed by atoms with Crippen molar-refractivity contribution < 1.29 is 28.6 Å². The summed E-state index contributed by atoms with van der Waals surface area (Å²) in [7, 11) is 0. The van der Waals surface area contributed by atoms with Gasteiger partial charge in [0.2, 0.25) is 0 Å². The van der Waals surface area contributed by atoms with Gasteiger partial charge in [-0.3, -0.25) is 14.4 Å². The number of carbonyl (C=O) groups excluding carboxylic acids is 3. The zero-order valence-electron chi connectivity index (χ0n) is 48.2. The predicted molar refractivity (Wildman–Crippen MR) is 312 cm³/mol. The highest BCUT2D eigenvalue weighted by atomic mass is 16.6. The first kappa shape index (κ1) is 69.4. The number of carbonyl (C=O) groups is 3. The highest BCUT2D eigenvalue weighted by Crippen LogP contribution is 2.17. The Kier molecular flexibility index (Phi) is 58.7. The zero-order valence-corrected chi connectivity index (χ0v) is 48.2. The molecule has 420 valence electrons. The minimum atomic E-state index is -0.776. The average molecular weight is 1010 g/mol. The molecule has 0 aromatic rings. The molecule has 6 nitrogen and oxygen atoms in total. The van der Waals surface area contributed by atoms with E-state index < -0.39 is 6.10 Å². The second-order valence-corrected chi connectivity index (χ2v) is 21.3. The molecule has 1 atom stereocenters. The van der Waals surface area contributed by atoms with E-state index in [1.54, 1.807) is 0 Å². The maximum Gasteiger partial charge on any atom is 0.306 e. The van der Waals surface area contributed by atoms with Crippen molar-refractivity contribution >= 4 is 17.9 Å². The lowest BCUT2D eigenvalue weighted by molar-refractivity contribution is -0.167. The fourth-order valence-electron chi connectivity index (χ4n) is 9.26. The third-order valence-corrected chi connectivity index (χ3v) is 14.1. The number of esters is 3. The van der Waals surface area contributed by atoms with Gasteiger partial charge in [-0.05, 0) is 77.0 Å². The largest absolute Gasteiger partial charge is 0.462 e. The molecule has 0 aliphatic heterocycles. The fraction of sp³-hybridized carbons (Fsp3) is 0.833. The molecule has 72 heavy (non-hydrogen) atoms. The Bertz CT molecular complexity index is 1250. The van der Waals surface area contributed by atoms with E-state index in [1.165, 1.54) is 205 Å². The highest BCUT2D eigenvalue weighted by molar-refractivity contribution is 5.71. The standard InChI is InChI=1S/C66H120O6/c1-4-7-10-13-16-19-21-23-25-26-27-28-29-30-31-32-33-34-35-36-37-38-39-40-41-43-44-47-50-53-56-59-65(68)71-62-63(61-70-64(67)58-55-52-49-46-18-15-12-9-6-3)72-66(69)60-57-54-51-48-45-42-24-22-20-17-14-11-8-5-2/h14,17,21-24,26-27,63H,4-13,15-16,18-20,25,28-62H2,1-3H3/b17-14-,23-21-,24-22-,27-26-. The molecule has 1 unspecified atom stereocenters. The van der Waals surface area contributed by atoms with Crippen LogP contribution in [0.2, 0.25) is 0 Å². The first-order valence-corrected chi connectivity index (χ1v) is 31.6. The maximum atomic E-state index is 12.8. The number of rotatable bonds is 58. The molecule has 0 saturated heterocycles. The van der Waals surface area contributed by atoms with Crippen molar-refractivity contribution in [3.63, 3.8) is 0 Å². The van der Waals surface area contributed by atoms with Crippen LogP contribution in [0.4, 0.5) is 0 Å². The Morgan fingerprint density at radius 3 is 0.806 bits per heavy atom. The number of unbranched alkanes of at least 4 members (excludes halogenated alkanes) is 39. The third kappa shape index (κ3) is 58.3. The summed E-state index contributed by atoms with van der Waals surface area (Å²) in [6.07, 6.45) is 75.7. The van der Waals surface area contributed by atoms with Crippen LogP contribution in [0.1, 0.15) is 335 Å². The van der Waals surface area contributed by atoms with E-state index in [2.05, 4.69) is 69.4 Å². The van der Waals surface area contributed by atoms with E-state index in [4.69, 9.17) is 14.2 Å². The fourth-order valence-corrected chi connectivity index (χ4v) is 9.26. The summed E-state index contributed by atoms with van der Waals surface area (Å²) in [6.45, 7) is 6.59. The van der Waals surface area contributed by atoms with Crippen LogP contribution < -0.4 is 0 Å². The van der Waals surface area contributed by atoms with Crippen LogP contribution >= 0.6 is 0 Å². The molecule has 0 bridgehead atoms. The summed E-state index contributed by atoms with van der Waals surface area (Å²) in [5.74, 6) is -0.875. The highest BCUT2D eigenvalue weighted by Gasteiger charge is 2.19. The van der Waals surface area contributed by atoms with Crippen LogP contribution in [-0.4, -0.2) is 37.2 Å². The van der Waals surface area contributed by atoms with E-state index in [-0.39, 0.29) is 31.1 Å². The molecule has 0 aromatic carbocycles. The molecule has 0 aliphatic carbocycles. The van der Waals surface area contributed by atoms with Crippen molar-refractivity contribution in [1.82, 2.24) is 0 Å². The number of hydrogen-bond donors (Lipinski definition) is 0. The average Bonchev–Trinajstić information content (AvgIpc) is 3.38. The first-order chi connectivity index (χ1) is 35.5. The van der Waals surface area contributed by atoms with Crippen LogP contribution in [0.15, 0.2) is 48.6 Å². The van der Waals surface area contributed by atoms with Gasteiger partial charge in [-0.25, -0.2) is 0 Å². The molecule has 0 saturated carbocycles. The van der Waals surface area contributed by atoms with Crippen LogP contribution in [0, 0.1) is 0 Å². The van der Waals surface area contributed by atoms with Gasteiger partial charge in [-0.15, -0.1) is 0 Å². The Hall–Kier alpha value is -2.63. The number of hydrogen-bond acceptors (Lipinski definition) is 6. The van der Waals surface area contributed by atoms with Crippen molar-refractivity contribution in [2.45, 2.75) is 341 Å². The van der Waals surface area contributed by atoms with E-state index >= 15 is 0 Å². The predicted octanol–water partition coefficient (Wildman–Crippen LogP) is 21.4. The van der Waals surface area contributed by atoms with Crippen molar-refractivity contribution in [3.05, 3.63) is 48.6 Å². The van der Waals surface area contributed by atoms with Gasteiger partial charge in [0.05, 0.1) is 0 Å². The lowest BCUT2D eigenvalue weighted by atomic mass is 10.0. The SMILES string of the molecule is CCCC/C=C\C/C=C\CCCCCCCC(=O)OC(COC(=O)CCCCCCCCCCC)COC(=O)CCCCCCCCCCCCCCCCCCCCC/C=C\C/C=C\CCCCCCC. The van der Waals surface area contributed by atoms with Crippen LogP contribution in [0.25, 0.3) is 0 Å². The summed E-state index contributed by atoms with van der Waals surface area (Å²) in [5.41, 5.74) is 0. The van der Waals surface area contributed by atoms with Gasteiger partial charge >= 0.3 is 17.9 Å². The molecule has 0 N–H and O–H groups in total. The second kappa shape index (κ2) is 60.9. The first-order valence-electron chi connectivity index (χ1n) is 31.6. The van der Waals surface area contributed by atoms with Crippen molar-refractivity contribution in [2.75, 3.05) is 13.2 Å². The molecule has 6 heteroatoms. The monoisotopic (exact) mass is 1010 g/mol. The topological polar surface area (TPSA) is 78.9 Å². The van der Waals surface area contributed by atoms with E-state index in [9.17, 15) is 14.4 Å². The summed E-state index contributed by atoms with van der Waals surface area (Å²) in [5, 5.41) is 0. The lowest BCUT2D eigenvalue weighted by Crippen LogP contribution is -2.30. The molecule has 0 amide bonds. The normalized spacial score (nSPS) is 12.3. The van der Waals surface area contributed by atoms with Gasteiger partial charge in [0.1, 0.15) is 13.2 Å². The van der Waals surface area contributed by atoms with Gasteiger partial charge in [-0.1, -0.05) is 288 Å². The maximum absolute atomic E-state index is 12.8. The van der Waals surface area contributed by atoms with Gasteiger partial charge in [0.15, 0.2) is 6.10 Å². The summed E-state index contributed by atoms with van der Waals surface area (Å²) in [4.78, 5) is 38.1. The summed E-state index contributed by atoms with van der Waals surface area (Å²) in [6, 6.07) is 0.